The van der Waals surface area contributed by atoms with E-state index in [2.05, 4.69) is 15.0 Å². The van der Waals surface area contributed by atoms with Gasteiger partial charge in [0.05, 0.1) is 13.7 Å². The van der Waals surface area contributed by atoms with Gasteiger partial charge >= 0.3 is 0 Å². The van der Waals surface area contributed by atoms with E-state index in [1.807, 2.05) is 61.6 Å². The standard InChI is InChI=1S/C19H21N3O3/c1-22(11-12-24-16-8-4-3-5-9-16)14-18-20-19(21-25-18)15-7-6-10-17(13-15)23-2/h3-10,13H,11-12,14H2,1-2H3. The summed E-state index contributed by atoms with van der Waals surface area (Å²) in [4.78, 5) is 6.52. The van der Waals surface area contributed by atoms with Crippen molar-refractivity contribution < 1.29 is 14.0 Å². The number of likely N-dealkylation sites (N-methyl/N-ethyl adjacent to an activating group) is 1. The normalized spacial score (nSPS) is 10.8. The Bertz CT molecular complexity index is 789. The maximum Gasteiger partial charge on any atom is 0.241 e. The topological polar surface area (TPSA) is 60.6 Å². The summed E-state index contributed by atoms with van der Waals surface area (Å²) in [7, 11) is 3.62. The Labute approximate surface area is 147 Å². The average molecular weight is 339 g/mol. The summed E-state index contributed by atoms with van der Waals surface area (Å²) in [6.07, 6.45) is 0. The largest absolute Gasteiger partial charge is 0.497 e. The van der Waals surface area contributed by atoms with Crippen molar-refractivity contribution in [1.29, 1.82) is 0 Å². The van der Waals surface area contributed by atoms with Crippen molar-refractivity contribution in [2.75, 3.05) is 27.3 Å². The van der Waals surface area contributed by atoms with Gasteiger partial charge in [0.1, 0.15) is 18.1 Å². The highest BCUT2D eigenvalue weighted by molar-refractivity contribution is 5.56. The minimum atomic E-state index is 0.558. The summed E-state index contributed by atoms with van der Waals surface area (Å²) in [6, 6.07) is 17.4. The molecule has 0 fully saturated rings. The van der Waals surface area contributed by atoms with Gasteiger partial charge < -0.3 is 14.0 Å². The molecule has 0 spiro atoms. The SMILES string of the molecule is COc1cccc(-c2noc(CN(C)CCOc3ccccc3)n2)c1. The van der Waals surface area contributed by atoms with Crippen molar-refractivity contribution in [2.24, 2.45) is 0 Å². The predicted molar refractivity (Wildman–Crippen MR) is 94.6 cm³/mol. The van der Waals surface area contributed by atoms with Crippen LogP contribution in [-0.4, -0.2) is 42.3 Å². The first-order valence-electron chi connectivity index (χ1n) is 8.08. The number of hydrogen-bond acceptors (Lipinski definition) is 6. The van der Waals surface area contributed by atoms with Crippen LogP contribution in [0.3, 0.4) is 0 Å². The predicted octanol–water partition coefficient (Wildman–Crippen LogP) is 3.26. The van der Waals surface area contributed by atoms with Gasteiger partial charge in [-0.25, -0.2) is 0 Å². The highest BCUT2D eigenvalue weighted by Gasteiger charge is 2.11. The summed E-state index contributed by atoms with van der Waals surface area (Å²) in [5, 5.41) is 4.04. The maximum atomic E-state index is 5.69. The zero-order valence-electron chi connectivity index (χ0n) is 14.4. The lowest BCUT2D eigenvalue weighted by molar-refractivity contribution is 0.213. The Balaban J connectivity index is 1.52. The summed E-state index contributed by atoms with van der Waals surface area (Å²) in [5.41, 5.74) is 0.865. The monoisotopic (exact) mass is 339 g/mol. The lowest BCUT2D eigenvalue weighted by atomic mass is 10.2. The van der Waals surface area contributed by atoms with Gasteiger partial charge in [0.25, 0.3) is 0 Å². The summed E-state index contributed by atoms with van der Waals surface area (Å²) >= 11 is 0. The molecule has 0 aliphatic heterocycles. The first-order valence-corrected chi connectivity index (χ1v) is 8.08. The summed E-state index contributed by atoms with van der Waals surface area (Å²) < 4.78 is 16.3. The van der Waals surface area contributed by atoms with E-state index in [1.165, 1.54) is 0 Å². The zero-order chi connectivity index (χ0) is 17.5. The number of rotatable bonds is 8. The van der Waals surface area contributed by atoms with E-state index in [-0.39, 0.29) is 0 Å². The maximum absolute atomic E-state index is 5.69. The Hall–Kier alpha value is -2.86. The number of benzene rings is 2. The lowest BCUT2D eigenvalue weighted by Crippen LogP contribution is -2.24. The highest BCUT2D eigenvalue weighted by atomic mass is 16.5. The second-order valence-corrected chi connectivity index (χ2v) is 5.64. The van der Waals surface area contributed by atoms with Gasteiger partial charge in [-0.2, -0.15) is 4.98 Å². The van der Waals surface area contributed by atoms with Gasteiger partial charge in [-0.3, -0.25) is 4.90 Å². The Morgan fingerprint density at radius 1 is 1.04 bits per heavy atom. The van der Waals surface area contributed by atoms with E-state index in [4.69, 9.17) is 14.0 Å². The van der Waals surface area contributed by atoms with Crippen LogP contribution in [0.1, 0.15) is 5.89 Å². The molecule has 25 heavy (non-hydrogen) atoms. The molecule has 0 N–H and O–H groups in total. The van der Waals surface area contributed by atoms with Crippen molar-refractivity contribution in [2.45, 2.75) is 6.54 Å². The molecule has 0 unspecified atom stereocenters. The van der Waals surface area contributed by atoms with E-state index in [1.54, 1.807) is 7.11 Å². The van der Waals surface area contributed by atoms with Crippen LogP contribution in [0.5, 0.6) is 11.5 Å². The molecule has 0 aliphatic carbocycles. The molecule has 0 saturated heterocycles. The number of para-hydroxylation sites is 1. The summed E-state index contributed by atoms with van der Waals surface area (Å²) in [6.45, 7) is 1.91. The first kappa shape index (κ1) is 17.0. The van der Waals surface area contributed by atoms with Gasteiger partial charge in [-0.15, -0.1) is 0 Å². The van der Waals surface area contributed by atoms with Gasteiger partial charge in [-0.05, 0) is 31.3 Å². The second-order valence-electron chi connectivity index (χ2n) is 5.64. The first-order chi connectivity index (χ1) is 12.2. The van der Waals surface area contributed by atoms with Crippen molar-refractivity contribution in [3.8, 4) is 22.9 Å². The van der Waals surface area contributed by atoms with Gasteiger partial charge in [0, 0.05) is 12.1 Å². The lowest BCUT2D eigenvalue weighted by Gasteiger charge is -2.14. The molecular formula is C19H21N3O3. The number of methoxy groups -OCH3 is 1. The van der Waals surface area contributed by atoms with Gasteiger partial charge in [-0.1, -0.05) is 35.5 Å². The fraction of sp³-hybridized carbons (Fsp3) is 0.263. The molecule has 2 aromatic carbocycles. The third-order valence-electron chi connectivity index (χ3n) is 3.69. The van der Waals surface area contributed by atoms with Gasteiger partial charge in [0.15, 0.2) is 0 Å². The molecule has 0 radical (unpaired) electrons. The quantitative estimate of drug-likeness (QED) is 0.628. The molecular weight excluding hydrogens is 318 g/mol. The highest BCUT2D eigenvalue weighted by Crippen LogP contribution is 2.21. The summed E-state index contributed by atoms with van der Waals surface area (Å²) in [5.74, 6) is 2.76. The smallest absolute Gasteiger partial charge is 0.241 e. The van der Waals surface area contributed by atoms with Crippen molar-refractivity contribution in [3.05, 3.63) is 60.5 Å². The molecule has 1 heterocycles. The minimum Gasteiger partial charge on any atom is -0.497 e. The molecule has 3 rings (SSSR count). The van der Waals surface area contributed by atoms with E-state index >= 15 is 0 Å². The van der Waals surface area contributed by atoms with Crippen molar-refractivity contribution >= 4 is 0 Å². The molecule has 0 saturated carbocycles. The third kappa shape index (κ3) is 4.81. The Morgan fingerprint density at radius 3 is 2.64 bits per heavy atom. The van der Waals surface area contributed by atoms with Crippen molar-refractivity contribution in [3.63, 3.8) is 0 Å². The van der Waals surface area contributed by atoms with E-state index < -0.39 is 0 Å². The number of hydrogen-bond donors (Lipinski definition) is 0. The molecule has 0 atom stereocenters. The number of nitrogens with zero attached hydrogens (tertiary/aromatic N) is 3. The minimum absolute atomic E-state index is 0.558. The van der Waals surface area contributed by atoms with Crippen LogP contribution < -0.4 is 9.47 Å². The fourth-order valence-electron chi connectivity index (χ4n) is 2.34. The molecule has 0 aliphatic rings. The van der Waals surface area contributed by atoms with Crippen molar-refractivity contribution in [1.82, 2.24) is 15.0 Å². The molecule has 0 amide bonds. The van der Waals surface area contributed by atoms with E-state index in [0.29, 0.717) is 24.9 Å². The molecule has 6 nitrogen and oxygen atoms in total. The van der Waals surface area contributed by atoms with Crippen LogP contribution in [0, 0.1) is 0 Å². The fourth-order valence-corrected chi connectivity index (χ4v) is 2.34. The molecule has 3 aromatic rings. The Morgan fingerprint density at radius 2 is 1.84 bits per heavy atom. The molecule has 1 aromatic heterocycles. The average Bonchev–Trinajstić information content (AvgIpc) is 3.11. The third-order valence-corrected chi connectivity index (χ3v) is 3.69. The van der Waals surface area contributed by atoms with Crippen LogP contribution in [0.2, 0.25) is 0 Å². The van der Waals surface area contributed by atoms with E-state index in [9.17, 15) is 0 Å². The second kappa shape index (κ2) is 8.30. The van der Waals surface area contributed by atoms with Crippen LogP contribution >= 0.6 is 0 Å². The molecule has 6 heteroatoms. The zero-order valence-corrected chi connectivity index (χ0v) is 14.4. The van der Waals surface area contributed by atoms with Crippen LogP contribution in [0.4, 0.5) is 0 Å². The Kier molecular flexibility index (Phi) is 5.64. The molecule has 0 bridgehead atoms. The number of aromatic nitrogens is 2. The van der Waals surface area contributed by atoms with Crippen LogP contribution in [0.25, 0.3) is 11.4 Å². The van der Waals surface area contributed by atoms with Crippen LogP contribution in [0.15, 0.2) is 59.1 Å². The van der Waals surface area contributed by atoms with Gasteiger partial charge in [0.2, 0.25) is 11.7 Å². The van der Waals surface area contributed by atoms with Crippen LogP contribution in [-0.2, 0) is 6.54 Å². The van der Waals surface area contributed by atoms with E-state index in [0.717, 1.165) is 23.6 Å². The number of ether oxygens (including phenoxy) is 2. The molecule has 130 valence electrons.